The maximum atomic E-state index is 13.0. The van der Waals surface area contributed by atoms with E-state index in [0.717, 1.165) is 42.3 Å². The number of hydrogen-bond acceptors (Lipinski definition) is 11. The van der Waals surface area contributed by atoms with Crippen molar-refractivity contribution in [3.63, 3.8) is 0 Å². The van der Waals surface area contributed by atoms with Gasteiger partial charge in [-0.05, 0) is 49.9 Å². The van der Waals surface area contributed by atoms with Gasteiger partial charge in [0.1, 0.15) is 23.9 Å². The molecule has 1 amide bonds. The van der Waals surface area contributed by atoms with Gasteiger partial charge in [0.2, 0.25) is 5.95 Å². The molecule has 0 bridgehead atoms. The quantitative estimate of drug-likeness (QED) is 0.298. The lowest BCUT2D eigenvalue weighted by Crippen LogP contribution is -2.42. The fourth-order valence-electron chi connectivity index (χ4n) is 4.93. The molecule has 2 aliphatic heterocycles. The lowest BCUT2D eigenvalue weighted by atomic mass is 9.94. The number of rotatable bonds is 12. The molecule has 4 heterocycles. The fraction of sp³-hybridized carbons (Fsp3) is 0.517. The third-order valence-corrected chi connectivity index (χ3v) is 7.64. The van der Waals surface area contributed by atoms with Crippen molar-refractivity contribution in [1.29, 1.82) is 0 Å². The summed E-state index contributed by atoms with van der Waals surface area (Å²) >= 11 is 0. The molecule has 2 aromatic heterocycles. The zero-order chi connectivity index (χ0) is 28.9. The van der Waals surface area contributed by atoms with Crippen LogP contribution in [0.4, 0.5) is 11.8 Å². The molecule has 2 aliphatic rings. The predicted molar refractivity (Wildman–Crippen MR) is 153 cm³/mol. The molecule has 1 atom stereocenters. The maximum Gasteiger partial charge on any atom is 0.270 e. The average Bonchev–Trinajstić information content (AvgIpc) is 3.37. The van der Waals surface area contributed by atoms with E-state index in [0.29, 0.717) is 44.7 Å². The van der Waals surface area contributed by atoms with E-state index in [4.69, 9.17) is 13.9 Å². The number of β-amino-alcohol motifs (C(OH)–C–C–N with tert-alkyl or cyclic N) is 1. The van der Waals surface area contributed by atoms with Crippen LogP contribution in [0.3, 0.4) is 0 Å². The Morgan fingerprint density at radius 2 is 2.12 bits per heavy atom. The first kappa shape index (κ1) is 28.8. The van der Waals surface area contributed by atoms with Gasteiger partial charge in [0.15, 0.2) is 12.2 Å². The molecule has 12 heteroatoms. The van der Waals surface area contributed by atoms with Crippen LogP contribution in [0, 0.1) is 13.8 Å². The van der Waals surface area contributed by atoms with Gasteiger partial charge >= 0.3 is 0 Å². The molecule has 3 N–H and O–H groups in total. The highest BCUT2D eigenvalue weighted by atomic mass is 16.5. The number of hydrogen-bond donors (Lipinski definition) is 3. The van der Waals surface area contributed by atoms with Crippen LogP contribution in [0.15, 0.2) is 29.0 Å². The molecule has 41 heavy (non-hydrogen) atoms. The topological polar surface area (TPSA) is 138 Å². The Morgan fingerprint density at radius 3 is 2.83 bits per heavy atom. The number of amides is 1. The molecule has 1 saturated heterocycles. The van der Waals surface area contributed by atoms with Crippen LogP contribution in [0.2, 0.25) is 0 Å². The molecule has 0 spiro atoms. The minimum absolute atomic E-state index is 0.122. The minimum atomic E-state index is -0.723. The predicted octanol–water partition coefficient (Wildman–Crippen LogP) is 2.08. The second-order valence-corrected chi connectivity index (χ2v) is 10.7. The summed E-state index contributed by atoms with van der Waals surface area (Å²) in [6, 6.07) is 5.89. The first-order chi connectivity index (χ1) is 19.8. The summed E-state index contributed by atoms with van der Waals surface area (Å²) in [6.07, 6.45) is 1.56. The summed E-state index contributed by atoms with van der Waals surface area (Å²) in [5, 5.41) is 16.9. The Balaban J connectivity index is 1.14. The van der Waals surface area contributed by atoms with Gasteiger partial charge in [0, 0.05) is 45.8 Å². The van der Waals surface area contributed by atoms with Crippen molar-refractivity contribution in [2.24, 2.45) is 0 Å². The molecule has 1 fully saturated rings. The van der Waals surface area contributed by atoms with Crippen LogP contribution in [-0.4, -0.2) is 89.5 Å². The van der Waals surface area contributed by atoms with E-state index in [1.807, 2.05) is 31.9 Å². The van der Waals surface area contributed by atoms with Gasteiger partial charge in [0.05, 0.1) is 31.1 Å². The minimum Gasteiger partial charge on any atom is -0.485 e. The number of anilines is 2. The lowest BCUT2D eigenvalue weighted by molar-refractivity contribution is 0.0209. The molecule has 220 valence electrons. The number of ether oxygens (including phenoxy) is 2. The Bertz CT molecular complexity index is 1360. The maximum absolute atomic E-state index is 13.0. The van der Waals surface area contributed by atoms with E-state index in [9.17, 15) is 9.90 Å². The molecule has 0 unspecified atom stereocenters. The Kier molecular flexibility index (Phi) is 9.01. The van der Waals surface area contributed by atoms with Crippen LogP contribution in [0.5, 0.6) is 5.75 Å². The molecular formula is C29H39N7O5. The Labute approximate surface area is 240 Å². The van der Waals surface area contributed by atoms with E-state index in [2.05, 4.69) is 43.5 Å². The number of fused-ring (bicyclic) bond motifs is 1. The van der Waals surface area contributed by atoms with Gasteiger partial charge in [-0.2, -0.15) is 4.98 Å². The van der Waals surface area contributed by atoms with Gasteiger partial charge in [-0.1, -0.05) is 6.07 Å². The fourth-order valence-corrected chi connectivity index (χ4v) is 4.93. The molecule has 0 saturated carbocycles. The first-order valence-electron chi connectivity index (χ1n) is 14.1. The van der Waals surface area contributed by atoms with Crippen molar-refractivity contribution in [3.05, 3.63) is 58.4 Å². The number of benzene rings is 1. The zero-order valence-corrected chi connectivity index (χ0v) is 24.1. The summed E-state index contributed by atoms with van der Waals surface area (Å²) in [5.74, 6) is 2.26. The molecule has 5 rings (SSSR count). The molecule has 0 radical (unpaired) electrons. The highest BCUT2D eigenvalue weighted by Crippen LogP contribution is 2.30. The highest BCUT2D eigenvalue weighted by Gasteiger charge is 2.24. The van der Waals surface area contributed by atoms with Crippen LogP contribution >= 0.6 is 0 Å². The molecule has 3 aromatic rings. The van der Waals surface area contributed by atoms with E-state index in [-0.39, 0.29) is 24.2 Å². The molecule has 1 aromatic carbocycles. The zero-order valence-electron chi connectivity index (χ0n) is 24.1. The second-order valence-electron chi connectivity index (χ2n) is 10.7. The van der Waals surface area contributed by atoms with Crippen LogP contribution < -0.4 is 20.3 Å². The normalized spacial score (nSPS) is 16.0. The monoisotopic (exact) mass is 565 g/mol. The van der Waals surface area contributed by atoms with Gasteiger partial charge in [-0.3, -0.25) is 9.69 Å². The van der Waals surface area contributed by atoms with Gasteiger partial charge in [0.25, 0.3) is 5.91 Å². The lowest BCUT2D eigenvalue weighted by Gasteiger charge is -2.31. The van der Waals surface area contributed by atoms with Gasteiger partial charge in [-0.25, -0.2) is 9.97 Å². The Morgan fingerprint density at radius 1 is 1.29 bits per heavy atom. The summed E-state index contributed by atoms with van der Waals surface area (Å²) in [7, 11) is 1.88. The van der Waals surface area contributed by atoms with Crippen molar-refractivity contribution < 1.29 is 23.8 Å². The van der Waals surface area contributed by atoms with Crippen LogP contribution in [0.25, 0.3) is 0 Å². The summed E-state index contributed by atoms with van der Waals surface area (Å²) in [6.45, 7) is 10.3. The van der Waals surface area contributed by atoms with Crippen molar-refractivity contribution >= 4 is 17.7 Å². The highest BCUT2D eigenvalue weighted by molar-refractivity contribution is 5.93. The van der Waals surface area contributed by atoms with E-state index < -0.39 is 6.10 Å². The van der Waals surface area contributed by atoms with E-state index >= 15 is 0 Å². The summed E-state index contributed by atoms with van der Waals surface area (Å²) in [4.78, 5) is 30.2. The van der Waals surface area contributed by atoms with Crippen LogP contribution in [0.1, 0.15) is 45.6 Å². The first-order valence-corrected chi connectivity index (χ1v) is 14.1. The third-order valence-electron chi connectivity index (χ3n) is 7.64. The van der Waals surface area contributed by atoms with Crippen molar-refractivity contribution in [2.75, 3.05) is 56.7 Å². The number of carbonyl (C=O) groups is 1. The number of oxazole rings is 1. The Hall–Kier alpha value is -3.74. The number of carbonyl (C=O) groups excluding carboxylic acids is 1. The molecule has 0 aliphatic carbocycles. The van der Waals surface area contributed by atoms with Crippen molar-refractivity contribution in [3.8, 4) is 5.75 Å². The number of aryl methyl sites for hydroxylation is 1. The number of aliphatic hydroxyl groups excluding tert-OH is 1. The van der Waals surface area contributed by atoms with E-state index in [1.165, 1.54) is 17.5 Å². The average molecular weight is 566 g/mol. The summed E-state index contributed by atoms with van der Waals surface area (Å²) in [5.41, 5.74) is 4.72. The van der Waals surface area contributed by atoms with Gasteiger partial charge < -0.3 is 34.5 Å². The van der Waals surface area contributed by atoms with Crippen molar-refractivity contribution in [1.82, 2.24) is 25.2 Å². The van der Waals surface area contributed by atoms with Crippen LogP contribution in [-0.2, 0) is 24.3 Å². The van der Waals surface area contributed by atoms with E-state index in [1.54, 1.807) is 6.07 Å². The number of aliphatic hydroxyl groups is 1. The second kappa shape index (κ2) is 12.8. The summed E-state index contributed by atoms with van der Waals surface area (Å²) < 4.78 is 16.6. The largest absolute Gasteiger partial charge is 0.485 e. The number of nitrogens with one attached hydrogen (secondary N) is 2. The smallest absolute Gasteiger partial charge is 0.270 e. The molecular weight excluding hydrogens is 526 g/mol. The van der Waals surface area contributed by atoms with Gasteiger partial charge in [-0.15, -0.1) is 0 Å². The number of nitrogens with zero attached hydrogens (tertiary/aromatic N) is 5. The molecule has 12 nitrogen and oxygen atoms in total. The SMILES string of the molecule is CCN(C)c1nc(NC2COC2)cc(C(=O)NC[C@H](O)CN2CCc3c(ccc(OCc4ocnc4C)c3C)C2)n1. The number of aromatic nitrogens is 3. The third kappa shape index (κ3) is 6.95. The standard InChI is InChI=1S/C29H39N7O5/c1-5-35(4)29-33-24(10-27(34-29)32-21-14-39-15-21)28(38)30-11-22(37)13-36-9-8-23-18(2)25(7-6-20(23)12-36)40-16-26-19(3)31-17-41-26/h6-7,10,17,21-22,37H,5,8-9,11-16H2,1-4H3,(H,30,38)(H,32,33,34)/t22-/m0/s1. The van der Waals surface area contributed by atoms with Crippen molar-refractivity contribution in [2.45, 2.75) is 52.5 Å².